The normalized spacial score (nSPS) is 7.17. The molecule has 12 heavy (non-hydrogen) atoms. The zero-order valence-electron chi connectivity index (χ0n) is 7.17. The van der Waals surface area contributed by atoms with Gasteiger partial charge >= 0.3 is 0 Å². The van der Waals surface area contributed by atoms with Gasteiger partial charge in [0.2, 0.25) is 0 Å². The van der Waals surface area contributed by atoms with Gasteiger partial charge in [0.15, 0.2) is 0 Å². The molecule has 0 bridgehead atoms. The van der Waals surface area contributed by atoms with Crippen LogP contribution in [-0.4, -0.2) is 0 Å². The standard InChI is InChI=1S/C8H9N.C2H6.CH4/c1-7(9)8-5-3-2-4-6-8;1-2;/h2-6H,1,9H2;1-2H3;1H4. The largest absolute Gasteiger partial charge is 0.399 e. The van der Waals surface area contributed by atoms with Gasteiger partial charge in [-0.3, -0.25) is 0 Å². The molecule has 0 spiro atoms. The lowest BCUT2D eigenvalue weighted by atomic mass is 10.2. The molecule has 0 aromatic heterocycles. The van der Waals surface area contributed by atoms with Gasteiger partial charge in [0, 0.05) is 5.70 Å². The van der Waals surface area contributed by atoms with Crippen molar-refractivity contribution in [2.45, 2.75) is 21.3 Å². The van der Waals surface area contributed by atoms with Gasteiger partial charge in [0.1, 0.15) is 0 Å². The molecule has 68 valence electrons. The summed E-state index contributed by atoms with van der Waals surface area (Å²) in [5, 5.41) is 0. The Bertz CT molecular complexity index is 202. The SMILES string of the molecule is C.C=C(N)c1ccccc1.CC. The summed E-state index contributed by atoms with van der Waals surface area (Å²) in [7, 11) is 0. The summed E-state index contributed by atoms with van der Waals surface area (Å²) in [6.07, 6.45) is 0. The van der Waals surface area contributed by atoms with E-state index in [0.29, 0.717) is 5.70 Å². The van der Waals surface area contributed by atoms with Gasteiger partial charge in [-0.05, 0) is 5.56 Å². The van der Waals surface area contributed by atoms with E-state index in [-0.39, 0.29) is 7.43 Å². The van der Waals surface area contributed by atoms with E-state index in [9.17, 15) is 0 Å². The van der Waals surface area contributed by atoms with Crippen molar-refractivity contribution in [2.24, 2.45) is 5.73 Å². The number of rotatable bonds is 1. The lowest BCUT2D eigenvalue weighted by Gasteiger charge is -1.95. The minimum absolute atomic E-state index is 0. The Kier molecular flexibility index (Phi) is 8.75. The Hall–Kier alpha value is -1.24. The van der Waals surface area contributed by atoms with Gasteiger partial charge in [0.25, 0.3) is 0 Å². The molecule has 0 aliphatic heterocycles. The quantitative estimate of drug-likeness (QED) is 0.679. The topological polar surface area (TPSA) is 26.0 Å². The minimum Gasteiger partial charge on any atom is -0.399 e. The maximum Gasteiger partial charge on any atom is 0.0314 e. The highest BCUT2D eigenvalue weighted by Gasteiger charge is 1.86. The van der Waals surface area contributed by atoms with Crippen molar-refractivity contribution in [3.05, 3.63) is 42.5 Å². The fourth-order valence-corrected chi connectivity index (χ4v) is 0.652. The van der Waals surface area contributed by atoms with E-state index in [1.807, 2.05) is 44.2 Å². The van der Waals surface area contributed by atoms with Crippen LogP contribution in [0, 0.1) is 0 Å². The van der Waals surface area contributed by atoms with E-state index in [1.165, 1.54) is 0 Å². The van der Waals surface area contributed by atoms with Gasteiger partial charge in [-0.15, -0.1) is 0 Å². The summed E-state index contributed by atoms with van der Waals surface area (Å²) in [5.41, 5.74) is 7.04. The smallest absolute Gasteiger partial charge is 0.0314 e. The third-order valence-electron chi connectivity index (χ3n) is 1.14. The lowest BCUT2D eigenvalue weighted by molar-refractivity contribution is 1.50. The van der Waals surface area contributed by atoms with Crippen LogP contribution < -0.4 is 5.73 Å². The summed E-state index contributed by atoms with van der Waals surface area (Å²) in [6.45, 7) is 7.60. The fourth-order valence-electron chi connectivity index (χ4n) is 0.652. The highest BCUT2D eigenvalue weighted by molar-refractivity contribution is 5.59. The monoisotopic (exact) mass is 165 g/mol. The van der Waals surface area contributed by atoms with Crippen LogP contribution in [0.5, 0.6) is 0 Å². The molecule has 0 fully saturated rings. The molecule has 0 aliphatic rings. The predicted octanol–water partition coefficient (Wildman–Crippen LogP) is 3.28. The third kappa shape index (κ3) is 4.56. The molecule has 0 unspecified atom stereocenters. The van der Waals surface area contributed by atoms with Crippen molar-refractivity contribution in [1.29, 1.82) is 0 Å². The molecule has 1 rings (SSSR count). The molecule has 0 aliphatic carbocycles. The van der Waals surface area contributed by atoms with Gasteiger partial charge in [0.05, 0.1) is 0 Å². The predicted molar refractivity (Wildman–Crippen MR) is 57.7 cm³/mol. The minimum atomic E-state index is 0. The van der Waals surface area contributed by atoms with Crippen LogP contribution in [0.15, 0.2) is 36.9 Å². The molecule has 0 heterocycles. The number of hydrogen-bond acceptors (Lipinski definition) is 1. The summed E-state index contributed by atoms with van der Waals surface area (Å²) < 4.78 is 0. The van der Waals surface area contributed by atoms with Crippen molar-refractivity contribution in [3.8, 4) is 0 Å². The van der Waals surface area contributed by atoms with Gasteiger partial charge in [-0.25, -0.2) is 0 Å². The maximum absolute atomic E-state index is 5.42. The molecule has 2 N–H and O–H groups in total. The first-order chi connectivity index (χ1) is 5.30. The summed E-state index contributed by atoms with van der Waals surface area (Å²) in [5.74, 6) is 0. The van der Waals surface area contributed by atoms with E-state index in [0.717, 1.165) is 5.56 Å². The van der Waals surface area contributed by atoms with Crippen LogP contribution in [0.1, 0.15) is 26.8 Å². The van der Waals surface area contributed by atoms with Gasteiger partial charge in [-0.2, -0.15) is 0 Å². The third-order valence-corrected chi connectivity index (χ3v) is 1.14. The van der Waals surface area contributed by atoms with Crippen LogP contribution in [-0.2, 0) is 0 Å². The zero-order chi connectivity index (χ0) is 8.69. The van der Waals surface area contributed by atoms with Crippen molar-refractivity contribution >= 4 is 5.70 Å². The first-order valence-electron chi connectivity index (χ1n) is 3.80. The van der Waals surface area contributed by atoms with Crippen LogP contribution in [0.2, 0.25) is 0 Å². The molecule has 0 radical (unpaired) electrons. The van der Waals surface area contributed by atoms with E-state index < -0.39 is 0 Å². The summed E-state index contributed by atoms with van der Waals surface area (Å²) in [4.78, 5) is 0. The molecular weight excluding hydrogens is 146 g/mol. The highest BCUT2D eigenvalue weighted by atomic mass is 14.6. The van der Waals surface area contributed by atoms with Crippen molar-refractivity contribution in [2.75, 3.05) is 0 Å². The highest BCUT2D eigenvalue weighted by Crippen LogP contribution is 2.03. The van der Waals surface area contributed by atoms with Gasteiger partial charge in [-0.1, -0.05) is 58.2 Å². The lowest BCUT2D eigenvalue weighted by Crippen LogP contribution is -1.91. The second kappa shape index (κ2) is 7.86. The van der Waals surface area contributed by atoms with Crippen LogP contribution in [0.25, 0.3) is 5.70 Å². The molecule has 0 amide bonds. The van der Waals surface area contributed by atoms with E-state index in [2.05, 4.69) is 6.58 Å². The second-order valence-corrected chi connectivity index (χ2v) is 1.89. The Labute approximate surface area is 75.9 Å². The van der Waals surface area contributed by atoms with Gasteiger partial charge < -0.3 is 5.73 Å². The molecule has 1 heteroatoms. The van der Waals surface area contributed by atoms with Crippen LogP contribution in [0.3, 0.4) is 0 Å². The molecule has 0 atom stereocenters. The number of hydrogen-bond donors (Lipinski definition) is 1. The average molecular weight is 165 g/mol. The fraction of sp³-hybridized carbons (Fsp3) is 0.273. The van der Waals surface area contributed by atoms with Crippen molar-refractivity contribution in [3.63, 3.8) is 0 Å². The Morgan fingerprint density at radius 1 is 1.17 bits per heavy atom. The molecule has 0 saturated heterocycles. The van der Waals surface area contributed by atoms with E-state index in [4.69, 9.17) is 5.73 Å². The molecule has 1 nitrogen and oxygen atoms in total. The van der Waals surface area contributed by atoms with Crippen molar-refractivity contribution in [1.82, 2.24) is 0 Å². The van der Waals surface area contributed by atoms with E-state index in [1.54, 1.807) is 0 Å². The van der Waals surface area contributed by atoms with Crippen LogP contribution in [0.4, 0.5) is 0 Å². The Morgan fingerprint density at radius 3 is 1.83 bits per heavy atom. The average Bonchev–Trinajstić information content (AvgIpc) is 2.10. The van der Waals surface area contributed by atoms with Crippen molar-refractivity contribution < 1.29 is 0 Å². The maximum atomic E-state index is 5.42. The first kappa shape index (κ1) is 13.4. The Balaban J connectivity index is 0. The first-order valence-corrected chi connectivity index (χ1v) is 3.80. The molecular formula is C11H19N. The Morgan fingerprint density at radius 2 is 1.58 bits per heavy atom. The summed E-state index contributed by atoms with van der Waals surface area (Å²) in [6, 6.07) is 9.69. The number of nitrogens with two attached hydrogens (primary N) is 1. The van der Waals surface area contributed by atoms with Crippen LogP contribution >= 0.6 is 0 Å². The number of benzene rings is 1. The zero-order valence-corrected chi connectivity index (χ0v) is 7.17. The summed E-state index contributed by atoms with van der Waals surface area (Å²) >= 11 is 0. The van der Waals surface area contributed by atoms with E-state index >= 15 is 0 Å². The molecule has 1 aromatic rings. The second-order valence-electron chi connectivity index (χ2n) is 1.89. The molecule has 1 aromatic carbocycles. The molecule has 0 saturated carbocycles.